The molecule has 34 heavy (non-hydrogen) atoms. The molecule has 0 unspecified atom stereocenters. The van der Waals surface area contributed by atoms with Crippen molar-refractivity contribution in [2.24, 2.45) is 0 Å². The lowest BCUT2D eigenvalue weighted by atomic mass is 10.1. The number of amides is 1. The average Bonchev–Trinajstić information content (AvgIpc) is 3.32. The highest BCUT2D eigenvalue weighted by molar-refractivity contribution is 5.95. The van der Waals surface area contributed by atoms with Crippen LogP contribution < -0.4 is 9.47 Å². The maximum Gasteiger partial charge on any atom is 0.254 e. The summed E-state index contributed by atoms with van der Waals surface area (Å²) >= 11 is 0. The Hall–Kier alpha value is -3.39. The van der Waals surface area contributed by atoms with E-state index in [1.165, 1.54) is 5.56 Å². The van der Waals surface area contributed by atoms with Crippen LogP contribution in [0.15, 0.2) is 47.0 Å². The summed E-state index contributed by atoms with van der Waals surface area (Å²) in [7, 11) is 0. The van der Waals surface area contributed by atoms with Gasteiger partial charge in [0.2, 0.25) is 11.7 Å². The maximum atomic E-state index is 13.1. The number of carbonyl (C=O) groups is 1. The Morgan fingerprint density at radius 2 is 1.76 bits per heavy atom. The van der Waals surface area contributed by atoms with Gasteiger partial charge in [-0.1, -0.05) is 41.9 Å². The van der Waals surface area contributed by atoms with Gasteiger partial charge >= 0.3 is 0 Å². The van der Waals surface area contributed by atoms with E-state index in [1.54, 1.807) is 6.07 Å². The molecule has 2 aromatic carbocycles. The van der Waals surface area contributed by atoms with E-state index in [1.807, 2.05) is 55.1 Å². The van der Waals surface area contributed by atoms with Gasteiger partial charge in [0.1, 0.15) is 0 Å². The summed E-state index contributed by atoms with van der Waals surface area (Å²) in [6, 6.07) is 13.5. The van der Waals surface area contributed by atoms with E-state index in [0.717, 1.165) is 25.1 Å². The molecule has 3 aromatic rings. The number of aromatic nitrogens is 2. The molecule has 0 radical (unpaired) electrons. The Kier molecular flexibility index (Phi) is 7.80. The van der Waals surface area contributed by atoms with Gasteiger partial charge < -0.3 is 18.9 Å². The maximum absolute atomic E-state index is 13.1. The molecular weight excluding hydrogens is 432 g/mol. The third-order valence-corrected chi connectivity index (χ3v) is 5.75. The van der Waals surface area contributed by atoms with Crippen molar-refractivity contribution in [3.63, 3.8) is 0 Å². The number of piperazine rings is 1. The van der Waals surface area contributed by atoms with Gasteiger partial charge in [0.15, 0.2) is 11.5 Å². The molecule has 8 nitrogen and oxygen atoms in total. The molecule has 0 N–H and O–H groups in total. The van der Waals surface area contributed by atoms with Gasteiger partial charge in [-0.3, -0.25) is 9.69 Å². The molecule has 2 heterocycles. The Labute approximate surface area is 200 Å². The molecule has 0 spiro atoms. The Morgan fingerprint density at radius 1 is 1.00 bits per heavy atom. The van der Waals surface area contributed by atoms with Crippen molar-refractivity contribution in [3.05, 3.63) is 59.5 Å². The molecule has 180 valence electrons. The smallest absolute Gasteiger partial charge is 0.254 e. The van der Waals surface area contributed by atoms with Crippen molar-refractivity contribution in [2.45, 2.75) is 33.7 Å². The molecular formula is C26H32N4O4. The molecule has 0 bridgehead atoms. The zero-order chi connectivity index (χ0) is 23.9. The first-order valence-corrected chi connectivity index (χ1v) is 11.9. The monoisotopic (exact) mass is 464 g/mol. The summed E-state index contributed by atoms with van der Waals surface area (Å²) in [5.41, 5.74) is 2.74. The van der Waals surface area contributed by atoms with Gasteiger partial charge in [0.05, 0.1) is 19.8 Å². The van der Waals surface area contributed by atoms with Crippen molar-refractivity contribution in [1.82, 2.24) is 19.9 Å². The summed E-state index contributed by atoms with van der Waals surface area (Å²) in [5, 5.41) is 4.11. The van der Waals surface area contributed by atoms with E-state index in [2.05, 4.69) is 22.0 Å². The van der Waals surface area contributed by atoms with E-state index in [4.69, 9.17) is 14.0 Å². The molecule has 0 saturated carbocycles. The lowest BCUT2D eigenvalue weighted by Crippen LogP contribution is -2.48. The molecule has 0 aliphatic carbocycles. The molecule has 1 amide bonds. The number of aryl methyl sites for hydroxylation is 1. The lowest BCUT2D eigenvalue weighted by molar-refractivity contribution is 0.0614. The summed E-state index contributed by atoms with van der Waals surface area (Å²) < 4.78 is 16.9. The summed E-state index contributed by atoms with van der Waals surface area (Å²) in [4.78, 5) is 21.7. The minimum Gasteiger partial charge on any atom is -0.490 e. The number of ether oxygens (including phenoxy) is 2. The quantitative estimate of drug-likeness (QED) is 0.470. The molecule has 1 aliphatic heterocycles. The Bertz CT molecular complexity index is 1090. The van der Waals surface area contributed by atoms with Crippen molar-refractivity contribution >= 4 is 5.91 Å². The van der Waals surface area contributed by atoms with Crippen LogP contribution >= 0.6 is 0 Å². The van der Waals surface area contributed by atoms with Gasteiger partial charge in [-0.2, -0.15) is 4.98 Å². The SMILES string of the molecule is CCCOc1ccc(C(=O)N2CCN(Cc3nc(-c4ccc(C)cc4)no3)CC2)cc1OCC. The first kappa shape index (κ1) is 23.8. The fraction of sp³-hybridized carbons (Fsp3) is 0.423. The normalized spacial score (nSPS) is 14.3. The average molecular weight is 465 g/mol. The first-order valence-electron chi connectivity index (χ1n) is 11.9. The third kappa shape index (κ3) is 5.75. The van der Waals surface area contributed by atoms with Crippen LogP contribution in [-0.4, -0.2) is 65.2 Å². The molecule has 1 aliphatic rings. The van der Waals surface area contributed by atoms with Crippen LogP contribution in [0.25, 0.3) is 11.4 Å². The topological polar surface area (TPSA) is 80.9 Å². The highest BCUT2D eigenvalue weighted by atomic mass is 16.5. The molecule has 8 heteroatoms. The van der Waals surface area contributed by atoms with Gasteiger partial charge in [-0.15, -0.1) is 0 Å². The number of benzene rings is 2. The van der Waals surface area contributed by atoms with Crippen LogP contribution in [0.4, 0.5) is 0 Å². The highest BCUT2D eigenvalue weighted by Crippen LogP contribution is 2.29. The number of carbonyl (C=O) groups excluding carboxylic acids is 1. The second-order valence-electron chi connectivity index (χ2n) is 8.39. The van der Waals surface area contributed by atoms with Crippen molar-refractivity contribution < 1.29 is 18.8 Å². The van der Waals surface area contributed by atoms with Gasteiger partial charge in [0.25, 0.3) is 5.91 Å². The van der Waals surface area contributed by atoms with E-state index < -0.39 is 0 Å². The molecule has 1 fully saturated rings. The van der Waals surface area contributed by atoms with Gasteiger partial charge in [-0.25, -0.2) is 0 Å². The second kappa shape index (κ2) is 11.2. The first-order chi connectivity index (χ1) is 16.6. The highest BCUT2D eigenvalue weighted by Gasteiger charge is 2.24. The van der Waals surface area contributed by atoms with E-state index in [0.29, 0.717) is 61.6 Å². The van der Waals surface area contributed by atoms with Crippen LogP contribution in [-0.2, 0) is 6.54 Å². The molecule has 4 rings (SSSR count). The van der Waals surface area contributed by atoms with Crippen LogP contribution in [0, 0.1) is 6.92 Å². The number of nitrogens with zero attached hydrogens (tertiary/aromatic N) is 4. The Balaban J connectivity index is 1.33. The van der Waals surface area contributed by atoms with E-state index >= 15 is 0 Å². The largest absolute Gasteiger partial charge is 0.490 e. The number of rotatable bonds is 9. The van der Waals surface area contributed by atoms with Crippen LogP contribution in [0.5, 0.6) is 11.5 Å². The van der Waals surface area contributed by atoms with E-state index in [9.17, 15) is 4.79 Å². The summed E-state index contributed by atoms with van der Waals surface area (Å²) in [6.45, 7) is 10.5. The van der Waals surface area contributed by atoms with Crippen molar-refractivity contribution in [2.75, 3.05) is 39.4 Å². The molecule has 1 aromatic heterocycles. The van der Waals surface area contributed by atoms with Crippen molar-refractivity contribution in [1.29, 1.82) is 0 Å². The van der Waals surface area contributed by atoms with Crippen LogP contribution in [0.3, 0.4) is 0 Å². The zero-order valence-corrected chi connectivity index (χ0v) is 20.1. The van der Waals surface area contributed by atoms with Gasteiger partial charge in [-0.05, 0) is 38.5 Å². The second-order valence-corrected chi connectivity index (χ2v) is 8.39. The van der Waals surface area contributed by atoms with Crippen LogP contribution in [0.2, 0.25) is 0 Å². The zero-order valence-electron chi connectivity index (χ0n) is 20.1. The minimum absolute atomic E-state index is 0.00194. The van der Waals surface area contributed by atoms with E-state index in [-0.39, 0.29) is 5.91 Å². The fourth-order valence-electron chi connectivity index (χ4n) is 3.86. The predicted octanol–water partition coefficient (Wildman–Crippen LogP) is 4.19. The molecule has 1 saturated heterocycles. The predicted molar refractivity (Wildman–Crippen MR) is 129 cm³/mol. The van der Waals surface area contributed by atoms with Crippen molar-refractivity contribution in [3.8, 4) is 22.9 Å². The van der Waals surface area contributed by atoms with Crippen LogP contribution in [0.1, 0.15) is 42.1 Å². The molecule has 0 atom stereocenters. The number of hydrogen-bond donors (Lipinski definition) is 0. The Morgan fingerprint density at radius 3 is 2.47 bits per heavy atom. The minimum atomic E-state index is 0.00194. The third-order valence-electron chi connectivity index (χ3n) is 5.75. The lowest BCUT2D eigenvalue weighted by Gasteiger charge is -2.34. The summed E-state index contributed by atoms with van der Waals surface area (Å²) in [6.07, 6.45) is 0.910. The standard InChI is InChI=1S/C26H32N4O4/c1-4-16-33-22-11-10-21(17-23(22)32-5-2)26(31)30-14-12-29(13-15-30)18-24-27-25(28-34-24)20-8-6-19(3)7-9-20/h6-11,17H,4-5,12-16,18H2,1-3H3. The summed E-state index contributed by atoms with van der Waals surface area (Å²) in [5.74, 6) is 2.47. The fourth-order valence-corrected chi connectivity index (χ4v) is 3.86. The number of hydrogen-bond acceptors (Lipinski definition) is 7. The van der Waals surface area contributed by atoms with Gasteiger partial charge in [0, 0.05) is 37.3 Å².